The van der Waals surface area contributed by atoms with Gasteiger partial charge in [-0.25, -0.2) is 4.98 Å². The standard InChI is InChI=1S/C13H10BrN3O4/c1-21-12-9(3-2-4-10(12)17(19)20)13(18)16-11-7-8(14)5-6-15-11/h2-7H,1H3,(H,15,16,18). The number of amides is 1. The van der Waals surface area contributed by atoms with Gasteiger partial charge >= 0.3 is 5.69 Å². The minimum atomic E-state index is -0.604. The molecule has 1 aromatic carbocycles. The van der Waals surface area contributed by atoms with Crippen LogP contribution in [-0.2, 0) is 0 Å². The third kappa shape index (κ3) is 3.34. The van der Waals surface area contributed by atoms with Crippen LogP contribution in [-0.4, -0.2) is 22.9 Å². The molecule has 0 aliphatic heterocycles. The molecule has 1 aromatic heterocycles. The molecule has 1 heterocycles. The summed E-state index contributed by atoms with van der Waals surface area (Å²) in [5.41, 5.74) is -0.208. The predicted molar refractivity (Wildman–Crippen MR) is 79.5 cm³/mol. The summed E-state index contributed by atoms with van der Waals surface area (Å²) in [5.74, 6) is -0.306. The Labute approximate surface area is 128 Å². The zero-order valence-electron chi connectivity index (χ0n) is 10.9. The minimum absolute atomic E-state index is 0.0634. The van der Waals surface area contributed by atoms with Crippen molar-refractivity contribution in [2.75, 3.05) is 12.4 Å². The van der Waals surface area contributed by atoms with E-state index in [9.17, 15) is 14.9 Å². The zero-order chi connectivity index (χ0) is 15.4. The monoisotopic (exact) mass is 351 g/mol. The summed E-state index contributed by atoms with van der Waals surface area (Å²) < 4.78 is 5.74. The van der Waals surface area contributed by atoms with Gasteiger partial charge in [0.1, 0.15) is 5.82 Å². The van der Waals surface area contributed by atoms with Gasteiger partial charge < -0.3 is 10.1 Å². The number of pyridine rings is 1. The Morgan fingerprint density at radius 1 is 1.43 bits per heavy atom. The predicted octanol–water partition coefficient (Wildman–Crippen LogP) is 3.01. The molecule has 0 radical (unpaired) electrons. The molecule has 8 heteroatoms. The Balaban J connectivity index is 2.35. The van der Waals surface area contributed by atoms with Gasteiger partial charge in [0, 0.05) is 16.7 Å². The van der Waals surface area contributed by atoms with Crippen LogP contribution in [0.5, 0.6) is 5.75 Å². The van der Waals surface area contributed by atoms with E-state index in [2.05, 4.69) is 26.2 Å². The molecular formula is C13H10BrN3O4. The second-order valence-corrected chi connectivity index (χ2v) is 4.84. The van der Waals surface area contributed by atoms with Crippen LogP contribution >= 0.6 is 15.9 Å². The van der Waals surface area contributed by atoms with Crippen LogP contribution in [0.2, 0.25) is 0 Å². The maximum Gasteiger partial charge on any atom is 0.311 e. The van der Waals surface area contributed by atoms with Crippen molar-refractivity contribution < 1.29 is 14.5 Å². The lowest BCUT2D eigenvalue weighted by molar-refractivity contribution is -0.385. The summed E-state index contributed by atoms with van der Waals surface area (Å²) in [6.45, 7) is 0. The number of nitrogens with zero attached hydrogens (tertiary/aromatic N) is 2. The number of anilines is 1. The van der Waals surface area contributed by atoms with Gasteiger partial charge in [0.25, 0.3) is 5.91 Å². The highest BCUT2D eigenvalue weighted by molar-refractivity contribution is 9.10. The van der Waals surface area contributed by atoms with E-state index in [1.165, 1.54) is 31.5 Å². The molecule has 2 aromatic rings. The first-order chi connectivity index (χ1) is 10.0. The number of benzene rings is 1. The summed E-state index contributed by atoms with van der Waals surface area (Å²) >= 11 is 3.26. The third-order valence-corrected chi connectivity index (χ3v) is 3.10. The molecule has 0 fully saturated rings. The van der Waals surface area contributed by atoms with Crippen molar-refractivity contribution in [3.8, 4) is 5.75 Å². The van der Waals surface area contributed by atoms with E-state index in [1.54, 1.807) is 12.1 Å². The van der Waals surface area contributed by atoms with Crippen LogP contribution in [0.4, 0.5) is 11.5 Å². The van der Waals surface area contributed by atoms with Gasteiger partial charge in [0.15, 0.2) is 0 Å². The Morgan fingerprint density at radius 2 is 2.19 bits per heavy atom. The van der Waals surface area contributed by atoms with Gasteiger partial charge in [0.05, 0.1) is 17.6 Å². The van der Waals surface area contributed by atoms with Gasteiger partial charge in [0.2, 0.25) is 5.75 Å². The van der Waals surface area contributed by atoms with Crippen LogP contribution < -0.4 is 10.1 Å². The van der Waals surface area contributed by atoms with Gasteiger partial charge in [-0.15, -0.1) is 0 Å². The molecule has 0 spiro atoms. The van der Waals surface area contributed by atoms with E-state index < -0.39 is 10.8 Å². The number of hydrogen-bond donors (Lipinski definition) is 1. The molecule has 1 N–H and O–H groups in total. The lowest BCUT2D eigenvalue weighted by Gasteiger charge is -2.09. The number of hydrogen-bond acceptors (Lipinski definition) is 5. The molecule has 0 unspecified atom stereocenters. The maximum absolute atomic E-state index is 12.2. The SMILES string of the molecule is COc1c(C(=O)Nc2cc(Br)ccn2)cccc1[N+](=O)[O-]. The fraction of sp³-hybridized carbons (Fsp3) is 0.0769. The Hall–Kier alpha value is -2.48. The summed E-state index contributed by atoms with van der Waals surface area (Å²) in [4.78, 5) is 26.5. The number of nitro groups is 1. The molecule has 108 valence electrons. The zero-order valence-corrected chi connectivity index (χ0v) is 12.5. The molecule has 21 heavy (non-hydrogen) atoms. The van der Waals surface area contributed by atoms with Gasteiger partial charge in [-0.1, -0.05) is 22.0 Å². The summed E-state index contributed by atoms with van der Waals surface area (Å²) in [5, 5.41) is 13.5. The van der Waals surface area contributed by atoms with E-state index in [4.69, 9.17) is 4.74 Å². The summed E-state index contributed by atoms with van der Waals surface area (Å²) in [7, 11) is 1.27. The van der Waals surface area contributed by atoms with Crippen LogP contribution in [0, 0.1) is 10.1 Å². The molecule has 7 nitrogen and oxygen atoms in total. The van der Waals surface area contributed by atoms with Crippen LogP contribution in [0.25, 0.3) is 0 Å². The Kier molecular flexibility index (Phi) is 4.49. The lowest BCUT2D eigenvalue weighted by atomic mass is 10.1. The van der Waals surface area contributed by atoms with Crippen molar-refractivity contribution >= 4 is 33.3 Å². The average Bonchev–Trinajstić information content (AvgIpc) is 2.46. The first kappa shape index (κ1) is 14.9. The number of rotatable bonds is 4. The second-order valence-electron chi connectivity index (χ2n) is 3.93. The van der Waals surface area contributed by atoms with E-state index in [-0.39, 0.29) is 17.0 Å². The van der Waals surface area contributed by atoms with Crippen LogP contribution in [0.3, 0.4) is 0 Å². The number of nitrogens with one attached hydrogen (secondary N) is 1. The number of para-hydroxylation sites is 1. The minimum Gasteiger partial charge on any atom is -0.490 e. The first-order valence-corrected chi connectivity index (χ1v) is 6.56. The van der Waals surface area contributed by atoms with E-state index in [1.807, 2.05) is 0 Å². The van der Waals surface area contributed by atoms with Gasteiger partial charge in [-0.2, -0.15) is 0 Å². The van der Waals surface area contributed by atoms with E-state index in [0.29, 0.717) is 5.82 Å². The lowest BCUT2D eigenvalue weighted by Crippen LogP contribution is -2.14. The molecule has 2 rings (SSSR count). The normalized spacial score (nSPS) is 10.0. The number of halogens is 1. The molecule has 1 amide bonds. The number of ether oxygens (including phenoxy) is 1. The fourth-order valence-corrected chi connectivity index (χ4v) is 2.05. The molecule has 0 bridgehead atoms. The smallest absolute Gasteiger partial charge is 0.311 e. The highest BCUT2D eigenvalue weighted by Gasteiger charge is 2.22. The second kappa shape index (κ2) is 6.31. The van der Waals surface area contributed by atoms with Crippen molar-refractivity contribution in [1.82, 2.24) is 4.98 Å². The van der Waals surface area contributed by atoms with Crippen molar-refractivity contribution in [2.24, 2.45) is 0 Å². The number of aromatic nitrogens is 1. The molecule has 0 saturated carbocycles. The summed E-state index contributed by atoms with van der Waals surface area (Å²) in [6.07, 6.45) is 1.52. The largest absolute Gasteiger partial charge is 0.490 e. The van der Waals surface area contributed by atoms with Gasteiger partial charge in [-0.05, 0) is 18.2 Å². The van der Waals surface area contributed by atoms with E-state index in [0.717, 1.165) is 4.47 Å². The topological polar surface area (TPSA) is 94.4 Å². The Morgan fingerprint density at radius 3 is 2.81 bits per heavy atom. The van der Waals surface area contributed by atoms with Crippen LogP contribution in [0.15, 0.2) is 41.0 Å². The summed E-state index contributed by atoms with van der Waals surface area (Å²) in [6, 6.07) is 7.46. The highest BCUT2D eigenvalue weighted by atomic mass is 79.9. The number of nitro benzene ring substituents is 1. The average molecular weight is 352 g/mol. The molecule has 0 saturated heterocycles. The Bertz CT molecular complexity index is 706. The fourth-order valence-electron chi connectivity index (χ4n) is 1.72. The van der Waals surface area contributed by atoms with E-state index >= 15 is 0 Å². The van der Waals surface area contributed by atoms with Crippen molar-refractivity contribution in [3.05, 3.63) is 56.7 Å². The highest BCUT2D eigenvalue weighted by Crippen LogP contribution is 2.31. The van der Waals surface area contributed by atoms with Crippen molar-refractivity contribution in [3.63, 3.8) is 0 Å². The molecular weight excluding hydrogens is 342 g/mol. The number of carbonyl (C=O) groups is 1. The van der Waals surface area contributed by atoms with Crippen LogP contribution in [0.1, 0.15) is 10.4 Å². The van der Waals surface area contributed by atoms with Gasteiger partial charge in [-0.3, -0.25) is 14.9 Å². The third-order valence-electron chi connectivity index (χ3n) is 2.60. The quantitative estimate of drug-likeness (QED) is 0.674. The van der Waals surface area contributed by atoms with Crippen molar-refractivity contribution in [1.29, 1.82) is 0 Å². The number of carbonyl (C=O) groups excluding carboxylic acids is 1. The van der Waals surface area contributed by atoms with Crippen molar-refractivity contribution in [2.45, 2.75) is 0 Å². The first-order valence-electron chi connectivity index (χ1n) is 5.77. The number of methoxy groups -OCH3 is 1. The molecule has 0 atom stereocenters. The molecule has 0 aliphatic rings. The molecule has 0 aliphatic carbocycles. The maximum atomic E-state index is 12.2.